The van der Waals surface area contributed by atoms with Crippen molar-refractivity contribution in [2.75, 3.05) is 18.4 Å². The molecular formula is C15H20ClN3O2. The van der Waals surface area contributed by atoms with Gasteiger partial charge in [0.2, 0.25) is 0 Å². The standard InChI is InChI=1S/C15H20ClN3O2/c1-10-6-11(16)2-3-12(10)17-4-5-18-14-7-15(8-14,9-14)19-13(20)21/h2-3,6,17-19H,4-5,7-9H2,1H3,(H,20,21). The summed E-state index contributed by atoms with van der Waals surface area (Å²) in [6.07, 6.45) is 1.81. The van der Waals surface area contributed by atoms with Crippen LogP contribution in [0.2, 0.25) is 5.02 Å². The van der Waals surface area contributed by atoms with Crippen molar-refractivity contribution in [3.8, 4) is 0 Å². The van der Waals surface area contributed by atoms with Crippen molar-refractivity contribution < 1.29 is 9.90 Å². The molecule has 3 aliphatic carbocycles. The largest absolute Gasteiger partial charge is 0.465 e. The normalized spacial score (nSPS) is 29.2. The number of rotatable bonds is 6. The first kappa shape index (κ1) is 14.5. The second-order valence-electron chi connectivity index (χ2n) is 6.33. The van der Waals surface area contributed by atoms with Crippen LogP contribution in [0, 0.1) is 6.92 Å². The SMILES string of the molecule is Cc1cc(Cl)ccc1NCCNC12CC(NC(=O)O)(C1)C2. The molecule has 5 nitrogen and oxygen atoms in total. The van der Waals surface area contributed by atoms with Crippen LogP contribution < -0.4 is 16.0 Å². The van der Waals surface area contributed by atoms with Gasteiger partial charge >= 0.3 is 6.09 Å². The van der Waals surface area contributed by atoms with Crippen molar-refractivity contribution in [2.45, 2.75) is 37.3 Å². The molecule has 0 aliphatic heterocycles. The number of nitrogens with one attached hydrogen (secondary N) is 3. The average Bonchev–Trinajstić information content (AvgIpc) is 2.31. The lowest BCUT2D eigenvalue weighted by Crippen LogP contribution is -2.83. The van der Waals surface area contributed by atoms with E-state index in [1.54, 1.807) is 0 Å². The third-order valence-corrected chi connectivity index (χ3v) is 4.77. The summed E-state index contributed by atoms with van der Waals surface area (Å²) in [5.41, 5.74) is 2.26. The molecule has 0 atom stereocenters. The van der Waals surface area contributed by atoms with Crippen molar-refractivity contribution in [3.63, 3.8) is 0 Å². The molecule has 4 rings (SSSR count). The number of carbonyl (C=O) groups is 1. The molecule has 1 amide bonds. The van der Waals surface area contributed by atoms with Gasteiger partial charge in [-0.2, -0.15) is 0 Å². The Morgan fingerprint density at radius 3 is 2.62 bits per heavy atom. The first-order valence-corrected chi connectivity index (χ1v) is 7.56. The van der Waals surface area contributed by atoms with Gasteiger partial charge in [-0.05, 0) is 49.9 Å². The summed E-state index contributed by atoms with van der Waals surface area (Å²) < 4.78 is 0. The van der Waals surface area contributed by atoms with Crippen LogP contribution >= 0.6 is 11.6 Å². The summed E-state index contributed by atoms with van der Waals surface area (Å²) in [4.78, 5) is 10.7. The Labute approximate surface area is 129 Å². The fraction of sp³-hybridized carbons (Fsp3) is 0.533. The molecule has 1 aromatic carbocycles. The Kier molecular flexibility index (Phi) is 3.50. The molecule has 0 radical (unpaired) electrons. The fourth-order valence-corrected chi connectivity index (χ4v) is 3.91. The molecule has 21 heavy (non-hydrogen) atoms. The second-order valence-corrected chi connectivity index (χ2v) is 6.77. The van der Waals surface area contributed by atoms with Gasteiger partial charge in [0.15, 0.2) is 0 Å². The minimum atomic E-state index is -0.914. The third kappa shape index (κ3) is 2.80. The number of aryl methyl sites for hydroxylation is 1. The van der Waals surface area contributed by atoms with Gasteiger partial charge in [-0.3, -0.25) is 0 Å². The van der Waals surface area contributed by atoms with Crippen molar-refractivity contribution in [1.29, 1.82) is 0 Å². The maximum Gasteiger partial charge on any atom is 0.405 e. The summed E-state index contributed by atoms with van der Waals surface area (Å²) >= 11 is 5.93. The van der Waals surface area contributed by atoms with Crippen LogP contribution in [0.15, 0.2) is 18.2 Å². The zero-order valence-electron chi connectivity index (χ0n) is 12.0. The molecule has 3 saturated carbocycles. The Bertz CT molecular complexity index is 556. The number of halogens is 1. The maximum absolute atomic E-state index is 10.7. The zero-order valence-corrected chi connectivity index (χ0v) is 12.8. The molecule has 6 heteroatoms. The molecule has 114 valence electrons. The Balaban J connectivity index is 1.38. The number of benzene rings is 1. The minimum Gasteiger partial charge on any atom is -0.465 e. The quantitative estimate of drug-likeness (QED) is 0.609. The number of carboxylic acid groups (broad SMARTS) is 1. The van der Waals surface area contributed by atoms with Gasteiger partial charge in [0.1, 0.15) is 0 Å². The van der Waals surface area contributed by atoms with Gasteiger partial charge in [0, 0.05) is 34.9 Å². The van der Waals surface area contributed by atoms with E-state index in [4.69, 9.17) is 16.7 Å². The lowest BCUT2D eigenvalue weighted by Gasteiger charge is -2.70. The van der Waals surface area contributed by atoms with Crippen LogP contribution in [0.4, 0.5) is 10.5 Å². The third-order valence-electron chi connectivity index (χ3n) is 4.53. The number of anilines is 1. The molecule has 0 aromatic heterocycles. The lowest BCUT2D eigenvalue weighted by atomic mass is 9.44. The topological polar surface area (TPSA) is 73.4 Å². The van der Waals surface area contributed by atoms with Crippen LogP contribution in [0.1, 0.15) is 24.8 Å². The summed E-state index contributed by atoms with van der Waals surface area (Å²) in [5.74, 6) is 0. The summed E-state index contributed by atoms with van der Waals surface area (Å²) in [5, 5.41) is 19.1. The highest BCUT2D eigenvalue weighted by molar-refractivity contribution is 6.30. The molecule has 0 saturated heterocycles. The van der Waals surface area contributed by atoms with E-state index in [-0.39, 0.29) is 11.1 Å². The van der Waals surface area contributed by atoms with E-state index in [0.29, 0.717) is 0 Å². The van der Waals surface area contributed by atoms with Crippen LogP contribution in [0.5, 0.6) is 0 Å². The van der Waals surface area contributed by atoms with Crippen LogP contribution in [-0.4, -0.2) is 35.4 Å². The smallest absolute Gasteiger partial charge is 0.405 e. The van der Waals surface area contributed by atoms with Crippen LogP contribution in [0.3, 0.4) is 0 Å². The molecule has 2 bridgehead atoms. The van der Waals surface area contributed by atoms with E-state index in [9.17, 15) is 4.79 Å². The molecule has 3 aliphatic rings. The summed E-state index contributed by atoms with van der Waals surface area (Å²) in [7, 11) is 0. The molecular weight excluding hydrogens is 290 g/mol. The maximum atomic E-state index is 10.7. The van der Waals surface area contributed by atoms with E-state index < -0.39 is 6.09 Å². The Hall–Kier alpha value is -1.46. The molecule has 0 heterocycles. The van der Waals surface area contributed by atoms with Gasteiger partial charge in [0.05, 0.1) is 0 Å². The summed E-state index contributed by atoms with van der Waals surface area (Å²) in [6, 6.07) is 5.82. The fourth-order valence-electron chi connectivity index (χ4n) is 3.69. The Morgan fingerprint density at radius 1 is 1.29 bits per heavy atom. The highest BCUT2D eigenvalue weighted by atomic mass is 35.5. The van der Waals surface area contributed by atoms with E-state index >= 15 is 0 Å². The average molecular weight is 310 g/mol. The highest BCUT2D eigenvalue weighted by Crippen LogP contribution is 2.60. The monoisotopic (exact) mass is 309 g/mol. The predicted octanol–water partition coefficient (Wildman–Crippen LogP) is 2.59. The molecule has 0 spiro atoms. The number of amides is 1. The van der Waals surface area contributed by atoms with Crippen molar-refractivity contribution in [3.05, 3.63) is 28.8 Å². The van der Waals surface area contributed by atoms with E-state index in [2.05, 4.69) is 16.0 Å². The first-order chi connectivity index (χ1) is 9.92. The molecule has 0 unspecified atom stereocenters. The minimum absolute atomic E-state index is 0.140. The number of hydrogen-bond donors (Lipinski definition) is 4. The Morgan fingerprint density at radius 2 is 2.00 bits per heavy atom. The van der Waals surface area contributed by atoms with E-state index in [1.165, 1.54) is 0 Å². The van der Waals surface area contributed by atoms with Crippen LogP contribution in [0.25, 0.3) is 0 Å². The lowest BCUT2D eigenvalue weighted by molar-refractivity contribution is -0.0978. The summed E-state index contributed by atoms with van der Waals surface area (Å²) in [6.45, 7) is 3.74. The second kappa shape index (κ2) is 5.07. The predicted molar refractivity (Wildman–Crippen MR) is 83.2 cm³/mol. The van der Waals surface area contributed by atoms with Crippen molar-refractivity contribution in [1.82, 2.24) is 10.6 Å². The van der Waals surface area contributed by atoms with Gasteiger partial charge < -0.3 is 21.1 Å². The van der Waals surface area contributed by atoms with E-state index in [0.717, 1.165) is 48.6 Å². The van der Waals surface area contributed by atoms with E-state index in [1.807, 2.05) is 25.1 Å². The van der Waals surface area contributed by atoms with Crippen molar-refractivity contribution in [2.24, 2.45) is 0 Å². The van der Waals surface area contributed by atoms with Gasteiger partial charge in [-0.15, -0.1) is 0 Å². The molecule has 4 N–H and O–H groups in total. The van der Waals surface area contributed by atoms with Crippen molar-refractivity contribution >= 4 is 23.4 Å². The van der Waals surface area contributed by atoms with Gasteiger partial charge in [-0.1, -0.05) is 11.6 Å². The van der Waals surface area contributed by atoms with Gasteiger partial charge in [-0.25, -0.2) is 4.79 Å². The van der Waals surface area contributed by atoms with Gasteiger partial charge in [0.25, 0.3) is 0 Å². The molecule has 1 aromatic rings. The zero-order chi connectivity index (χ0) is 15.1. The number of hydrogen-bond acceptors (Lipinski definition) is 3. The highest BCUT2D eigenvalue weighted by Gasteiger charge is 2.68. The first-order valence-electron chi connectivity index (χ1n) is 7.18. The molecule has 3 fully saturated rings. The van der Waals surface area contributed by atoms with Crippen LogP contribution in [-0.2, 0) is 0 Å².